The molecule has 0 radical (unpaired) electrons. The van der Waals surface area contributed by atoms with Gasteiger partial charge in [-0.25, -0.2) is 9.59 Å². The lowest BCUT2D eigenvalue weighted by Gasteiger charge is -2.16. The van der Waals surface area contributed by atoms with Crippen LogP contribution in [0.4, 0.5) is 4.79 Å². The average Bonchev–Trinajstić information content (AvgIpc) is 3.02. The second-order valence-corrected chi connectivity index (χ2v) is 6.86. The van der Waals surface area contributed by atoms with E-state index in [0.29, 0.717) is 0 Å². The van der Waals surface area contributed by atoms with E-state index in [1.807, 2.05) is 49.4 Å². The summed E-state index contributed by atoms with van der Waals surface area (Å²) in [4.78, 5) is 23.6. The summed E-state index contributed by atoms with van der Waals surface area (Å²) in [6.45, 7) is 2.21. The molecule has 1 aliphatic rings. The van der Waals surface area contributed by atoms with Gasteiger partial charge >= 0.3 is 12.1 Å². The summed E-state index contributed by atoms with van der Waals surface area (Å²) in [5.41, 5.74) is 4.54. The molecule has 0 unspecified atom stereocenters. The van der Waals surface area contributed by atoms with Crippen LogP contribution in [0, 0.1) is 0 Å². The van der Waals surface area contributed by atoms with Gasteiger partial charge < -0.3 is 15.2 Å². The monoisotopic (exact) mass is 379 g/mol. The highest BCUT2D eigenvalue weighted by Gasteiger charge is 2.29. The van der Waals surface area contributed by atoms with Crippen molar-refractivity contribution in [2.75, 3.05) is 6.61 Å². The van der Waals surface area contributed by atoms with Crippen LogP contribution in [-0.4, -0.2) is 29.8 Å². The Morgan fingerprint density at radius 2 is 1.68 bits per heavy atom. The summed E-state index contributed by atoms with van der Waals surface area (Å²) in [6.07, 6.45) is 5.12. The van der Waals surface area contributed by atoms with Crippen molar-refractivity contribution in [1.29, 1.82) is 0 Å². The fourth-order valence-electron chi connectivity index (χ4n) is 3.52. The maximum atomic E-state index is 12.2. The van der Waals surface area contributed by atoms with Gasteiger partial charge in [-0.05, 0) is 35.1 Å². The third kappa shape index (κ3) is 4.42. The molecule has 0 heterocycles. The van der Waals surface area contributed by atoms with Crippen LogP contribution in [0.2, 0.25) is 0 Å². The molecular formula is C23H25NO4. The molecule has 0 aliphatic heterocycles. The van der Waals surface area contributed by atoms with E-state index in [1.54, 1.807) is 6.08 Å². The Hall–Kier alpha value is -3.08. The Morgan fingerprint density at radius 1 is 1.07 bits per heavy atom. The van der Waals surface area contributed by atoms with Crippen LogP contribution in [0.1, 0.15) is 43.2 Å². The molecule has 28 heavy (non-hydrogen) atoms. The first kappa shape index (κ1) is 19.7. The van der Waals surface area contributed by atoms with Crippen molar-refractivity contribution in [3.8, 4) is 11.1 Å². The number of hydrogen-bond acceptors (Lipinski definition) is 3. The fraction of sp³-hybridized carbons (Fsp3) is 0.304. The first-order valence-corrected chi connectivity index (χ1v) is 9.61. The number of carboxylic acid groups (broad SMARTS) is 1. The number of carbonyl (C=O) groups excluding carboxylic acids is 1. The van der Waals surface area contributed by atoms with Gasteiger partial charge in [0.1, 0.15) is 12.6 Å². The van der Waals surface area contributed by atoms with Gasteiger partial charge in [-0.3, -0.25) is 0 Å². The van der Waals surface area contributed by atoms with E-state index in [9.17, 15) is 14.7 Å². The number of alkyl carbamates (subject to hydrolysis) is 1. The second kappa shape index (κ2) is 9.22. The zero-order valence-electron chi connectivity index (χ0n) is 15.9. The summed E-state index contributed by atoms with van der Waals surface area (Å²) in [5.74, 6) is -1.12. The van der Waals surface area contributed by atoms with Crippen molar-refractivity contribution in [1.82, 2.24) is 5.32 Å². The standard InChI is InChI=1S/C23H25NO4/c1-2-3-4-5-14-21(22(25)26)24-23(27)28-15-20-18-12-8-6-10-16(18)17-11-7-9-13-19(17)20/h4-13,20-21H,2-3,14-15H2,1H3,(H,24,27)(H,25,26)/t21-/m0/s1. The SMILES string of the molecule is CCCC=CC[C@H](NC(=O)OCC1c2ccccc2-c2ccccc21)C(=O)O. The molecule has 1 aliphatic carbocycles. The van der Waals surface area contributed by atoms with Crippen molar-refractivity contribution in [2.45, 2.75) is 38.1 Å². The van der Waals surface area contributed by atoms with Crippen LogP contribution in [-0.2, 0) is 9.53 Å². The molecule has 146 valence electrons. The number of hydrogen-bond donors (Lipinski definition) is 2. The lowest BCUT2D eigenvalue weighted by atomic mass is 9.98. The number of nitrogens with one attached hydrogen (secondary N) is 1. The van der Waals surface area contributed by atoms with Crippen molar-refractivity contribution in [2.24, 2.45) is 0 Å². The van der Waals surface area contributed by atoms with Crippen molar-refractivity contribution in [3.63, 3.8) is 0 Å². The van der Waals surface area contributed by atoms with Gasteiger partial charge in [-0.2, -0.15) is 0 Å². The third-order valence-corrected chi connectivity index (χ3v) is 4.93. The van der Waals surface area contributed by atoms with Gasteiger partial charge in [0.15, 0.2) is 0 Å². The maximum absolute atomic E-state index is 12.2. The average molecular weight is 379 g/mol. The molecule has 5 nitrogen and oxygen atoms in total. The number of ether oxygens (including phenoxy) is 1. The predicted molar refractivity (Wildman–Crippen MR) is 108 cm³/mol. The Bertz CT molecular complexity index is 829. The number of carboxylic acids is 1. The molecule has 2 aromatic rings. The van der Waals surface area contributed by atoms with Gasteiger partial charge in [0.05, 0.1) is 0 Å². The minimum Gasteiger partial charge on any atom is -0.480 e. The first-order chi connectivity index (χ1) is 13.6. The highest BCUT2D eigenvalue weighted by Crippen LogP contribution is 2.44. The summed E-state index contributed by atoms with van der Waals surface area (Å²) in [6, 6.07) is 15.2. The van der Waals surface area contributed by atoms with E-state index in [-0.39, 0.29) is 18.9 Å². The molecule has 1 amide bonds. The number of carbonyl (C=O) groups is 2. The van der Waals surface area contributed by atoms with Crippen LogP contribution in [0.3, 0.4) is 0 Å². The van der Waals surface area contributed by atoms with Gasteiger partial charge in [0.2, 0.25) is 0 Å². The summed E-state index contributed by atoms with van der Waals surface area (Å²) in [7, 11) is 0. The Morgan fingerprint density at radius 3 is 2.25 bits per heavy atom. The predicted octanol–water partition coefficient (Wildman–Crippen LogP) is 4.72. The molecule has 2 N–H and O–H groups in total. The highest BCUT2D eigenvalue weighted by molar-refractivity contribution is 5.81. The topological polar surface area (TPSA) is 75.6 Å². The molecule has 2 aromatic carbocycles. The van der Waals surface area contributed by atoms with E-state index in [1.165, 1.54) is 0 Å². The molecule has 0 saturated carbocycles. The molecule has 0 saturated heterocycles. The smallest absolute Gasteiger partial charge is 0.407 e. The normalized spacial score (nSPS) is 13.8. The molecule has 1 atom stereocenters. The molecular weight excluding hydrogens is 354 g/mol. The van der Waals surface area contributed by atoms with Crippen molar-refractivity contribution >= 4 is 12.1 Å². The number of amides is 1. The summed E-state index contributed by atoms with van der Waals surface area (Å²) in [5, 5.41) is 11.8. The molecule has 3 rings (SSSR count). The van der Waals surface area contributed by atoms with E-state index in [0.717, 1.165) is 35.1 Å². The number of aliphatic carboxylic acids is 1. The van der Waals surface area contributed by atoms with Gasteiger partial charge in [0.25, 0.3) is 0 Å². The van der Waals surface area contributed by atoms with Gasteiger partial charge in [0, 0.05) is 5.92 Å². The first-order valence-electron chi connectivity index (χ1n) is 9.61. The van der Waals surface area contributed by atoms with E-state index in [4.69, 9.17) is 4.74 Å². The quantitative estimate of drug-likeness (QED) is 0.651. The number of rotatable bonds is 8. The van der Waals surface area contributed by atoms with Crippen molar-refractivity contribution in [3.05, 3.63) is 71.8 Å². The van der Waals surface area contributed by atoms with Crippen LogP contribution >= 0.6 is 0 Å². The second-order valence-electron chi connectivity index (χ2n) is 6.86. The van der Waals surface area contributed by atoms with Gasteiger partial charge in [-0.15, -0.1) is 0 Å². The van der Waals surface area contributed by atoms with Crippen LogP contribution < -0.4 is 5.32 Å². The number of fused-ring (bicyclic) bond motifs is 3. The number of allylic oxidation sites excluding steroid dienone is 1. The third-order valence-electron chi connectivity index (χ3n) is 4.93. The zero-order valence-corrected chi connectivity index (χ0v) is 15.9. The minimum atomic E-state index is -1.07. The summed E-state index contributed by atoms with van der Waals surface area (Å²) < 4.78 is 5.41. The number of benzene rings is 2. The van der Waals surface area contributed by atoms with Crippen LogP contribution in [0.25, 0.3) is 11.1 Å². The van der Waals surface area contributed by atoms with Crippen LogP contribution in [0.15, 0.2) is 60.7 Å². The molecule has 0 fully saturated rings. The molecule has 5 heteroatoms. The molecule has 0 aromatic heterocycles. The lowest BCUT2D eigenvalue weighted by molar-refractivity contribution is -0.139. The zero-order chi connectivity index (χ0) is 19.9. The summed E-state index contributed by atoms with van der Waals surface area (Å²) >= 11 is 0. The van der Waals surface area contributed by atoms with E-state index >= 15 is 0 Å². The lowest BCUT2D eigenvalue weighted by Crippen LogP contribution is -2.41. The van der Waals surface area contributed by atoms with E-state index in [2.05, 4.69) is 17.4 Å². The van der Waals surface area contributed by atoms with E-state index < -0.39 is 18.1 Å². The number of unbranched alkanes of at least 4 members (excludes halogenated alkanes) is 1. The fourth-order valence-corrected chi connectivity index (χ4v) is 3.52. The molecule has 0 bridgehead atoms. The Kier molecular flexibility index (Phi) is 6.48. The highest BCUT2D eigenvalue weighted by atomic mass is 16.5. The Balaban J connectivity index is 1.63. The van der Waals surface area contributed by atoms with Gasteiger partial charge in [-0.1, -0.05) is 74.0 Å². The Labute approximate surface area is 165 Å². The van der Waals surface area contributed by atoms with Crippen molar-refractivity contribution < 1.29 is 19.4 Å². The maximum Gasteiger partial charge on any atom is 0.407 e. The van der Waals surface area contributed by atoms with Crippen LogP contribution in [0.5, 0.6) is 0 Å². The minimum absolute atomic E-state index is 0.0501. The molecule has 0 spiro atoms. The largest absolute Gasteiger partial charge is 0.480 e.